The zero-order chi connectivity index (χ0) is 29.2. The quantitative estimate of drug-likeness (QED) is 0.308. The number of carbonyl (C=O) groups is 3. The Hall–Kier alpha value is -4.24. The second-order valence-electron chi connectivity index (χ2n) is 9.91. The van der Waals surface area contributed by atoms with Crippen LogP contribution < -0.4 is 15.0 Å². The van der Waals surface area contributed by atoms with Crippen molar-refractivity contribution in [1.29, 1.82) is 0 Å². The molecule has 0 atom stereocenters. The molecule has 0 aliphatic carbocycles. The molecule has 9 heteroatoms. The minimum Gasteiger partial charge on any atom is -0.494 e. The van der Waals surface area contributed by atoms with Crippen molar-refractivity contribution in [2.45, 2.75) is 46.6 Å². The minimum absolute atomic E-state index is 0.00217. The van der Waals surface area contributed by atoms with E-state index in [1.54, 1.807) is 47.5 Å². The number of hydrogen-bond acceptors (Lipinski definition) is 6. The molecule has 2 heterocycles. The van der Waals surface area contributed by atoms with Gasteiger partial charge in [-0.25, -0.2) is 4.98 Å². The minimum atomic E-state index is -0.306. The van der Waals surface area contributed by atoms with E-state index in [0.717, 1.165) is 31.8 Å². The van der Waals surface area contributed by atoms with Gasteiger partial charge < -0.3 is 15.0 Å². The number of anilines is 3. The molecule has 1 aromatic heterocycles. The van der Waals surface area contributed by atoms with Gasteiger partial charge in [0.15, 0.2) is 5.82 Å². The lowest BCUT2D eigenvalue weighted by atomic mass is 10.1. The zero-order valence-electron chi connectivity index (χ0n) is 24.1. The van der Waals surface area contributed by atoms with Gasteiger partial charge in [-0.2, -0.15) is 0 Å². The predicted octanol–water partition coefficient (Wildman–Crippen LogP) is 5.25. The Kier molecular flexibility index (Phi) is 10.5. The van der Waals surface area contributed by atoms with Crippen LogP contribution in [0, 0.1) is 0 Å². The summed E-state index contributed by atoms with van der Waals surface area (Å²) in [6.07, 6.45) is 2.62. The van der Waals surface area contributed by atoms with Crippen LogP contribution in [0.25, 0.3) is 0 Å². The molecule has 0 spiro atoms. The van der Waals surface area contributed by atoms with Gasteiger partial charge in [-0.1, -0.05) is 38.1 Å². The third kappa shape index (κ3) is 7.49. The van der Waals surface area contributed by atoms with Crippen molar-refractivity contribution in [2.75, 3.05) is 43.0 Å². The molecule has 0 unspecified atom stereocenters. The number of amides is 3. The van der Waals surface area contributed by atoms with Crippen LogP contribution in [0.2, 0.25) is 0 Å². The van der Waals surface area contributed by atoms with Gasteiger partial charge in [0.05, 0.1) is 23.5 Å². The Morgan fingerprint density at radius 1 is 0.927 bits per heavy atom. The average Bonchev–Trinajstić information content (AvgIpc) is 3.12. The highest BCUT2D eigenvalue weighted by Crippen LogP contribution is 2.36. The summed E-state index contributed by atoms with van der Waals surface area (Å²) in [5.41, 5.74) is 2.47. The summed E-state index contributed by atoms with van der Waals surface area (Å²) in [7, 11) is 0. The first kappa shape index (κ1) is 29.7. The van der Waals surface area contributed by atoms with Gasteiger partial charge in [0, 0.05) is 45.2 Å². The number of nitrogens with zero attached hydrogens (tertiary/aromatic N) is 4. The van der Waals surface area contributed by atoms with Crippen molar-refractivity contribution in [3.05, 3.63) is 78.0 Å². The molecule has 216 valence electrons. The fourth-order valence-corrected chi connectivity index (χ4v) is 4.81. The lowest BCUT2D eigenvalue weighted by Crippen LogP contribution is -2.39. The molecule has 41 heavy (non-hydrogen) atoms. The Morgan fingerprint density at radius 3 is 2.44 bits per heavy atom. The van der Waals surface area contributed by atoms with Crippen LogP contribution in [-0.4, -0.2) is 65.3 Å². The smallest absolute Gasteiger partial charge is 0.257 e. The molecule has 1 aliphatic rings. The molecule has 1 aliphatic heterocycles. The van der Waals surface area contributed by atoms with Crippen LogP contribution in [0.5, 0.6) is 5.75 Å². The van der Waals surface area contributed by atoms with Crippen molar-refractivity contribution in [1.82, 2.24) is 14.8 Å². The summed E-state index contributed by atoms with van der Waals surface area (Å²) in [5.74, 6) is 0.549. The Balaban J connectivity index is 1.36. The molecule has 3 amide bonds. The third-order valence-electron chi connectivity index (χ3n) is 7.11. The highest BCUT2D eigenvalue weighted by Gasteiger charge is 2.30. The molecule has 3 aromatic rings. The van der Waals surface area contributed by atoms with Crippen LogP contribution in [0.1, 0.15) is 56.0 Å². The van der Waals surface area contributed by atoms with Crippen molar-refractivity contribution in [3.63, 3.8) is 0 Å². The van der Waals surface area contributed by atoms with E-state index in [1.165, 1.54) is 10.5 Å². The standard InChI is InChI=1S/C32H39N5O4/c1-4-22-41-25-15-13-24(14-16-25)23-35(5-2)20-21-36(6-3)29(38)17-18-30(39)37-28-12-8-7-10-26(28)32(40)34-27-11-9-19-33-31(27)37/h7-16,19H,4-6,17-18,20-23H2,1-3H3,(H,34,40). The summed E-state index contributed by atoms with van der Waals surface area (Å²) in [6.45, 7) is 10.3. The normalized spacial score (nSPS) is 12.3. The molecular weight excluding hydrogens is 518 g/mol. The summed E-state index contributed by atoms with van der Waals surface area (Å²) in [5, 5.41) is 2.84. The summed E-state index contributed by atoms with van der Waals surface area (Å²) in [4.78, 5) is 49.5. The lowest BCUT2D eigenvalue weighted by molar-refractivity contribution is -0.133. The molecule has 0 saturated carbocycles. The van der Waals surface area contributed by atoms with Crippen LogP contribution >= 0.6 is 0 Å². The molecule has 2 aromatic carbocycles. The van der Waals surface area contributed by atoms with E-state index in [-0.39, 0.29) is 30.6 Å². The largest absolute Gasteiger partial charge is 0.494 e. The molecule has 9 nitrogen and oxygen atoms in total. The summed E-state index contributed by atoms with van der Waals surface area (Å²) < 4.78 is 5.68. The van der Waals surface area contributed by atoms with Crippen LogP contribution in [-0.2, 0) is 16.1 Å². The first-order valence-corrected chi connectivity index (χ1v) is 14.3. The van der Waals surface area contributed by atoms with Gasteiger partial charge in [0.2, 0.25) is 11.8 Å². The molecule has 0 saturated heterocycles. The van der Waals surface area contributed by atoms with E-state index in [1.807, 2.05) is 19.1 Å². The van der Waals surface area contributed by atoms with Crippen molar-refractivity contribution >= 4 is 34.9 Å². The second-order valence-corrected chi connectivity index (χ2v) is 9.91. The summed E-state index contributed by atoms with van der Waals surface area (Å²) >= 11 is 0. The Labute approximate surface area is 242 Å². The fraction of sp³-hybridized carbons (Fsp3) is 0.375. The fourth-order valence-electron chi connectivity index (χ4n) is 4.81. The zero-order valence-corrected chi connectivity index (χ0v) is 24.1. The van der Waals surface area contributed by atoms with Gasteiger partial charge in [0.1, 0.15) is 5.75 Å². The number of aromatic nitrogens is 1. The van der Waals surface area contributed by atoms with Crippen molar-refractivity contribution in [2.24, 2.45) is 0 Å². The van der Waals surface area contributed by atoms with Gasteiger partial charge in [0.25, 0.3) is 5.91 Å². The van der Waals surface area contributed by atoms with E-state index in [9.17, 15) is 14.4 Å². The number of fused-ring (bicyclic) bond motifs is 2. The number of likely N-dealkylation sites (N-methyl/N-ethyl adjacent to an activating group) is 2. The predicted molar refractivity (Wildman–Crippen MR) is 160 cm³/mol. The maximum Gasteiger partial charge on any atom is 0.257 e. The van der Waals surface area contributed by atoms with Crippen LogP contribution in [0.3, 0.4) is 0 Å². The number of carbonyl (C=O) groups excluding carboxylic acids is 3. The molecule has 0 radical (unpaired) electrons. The van der Waals surface area contributed by atoms with E-state index in [4.69, 9.17) is 4.74 Å². The second kappa shape index (κ2) is 14.4. The maximum atomic E-state index is 13.6. The lowest BCUT2D eigenvalue weighted by Gasteiger charge is -2.27. The number of rotatable bonds is 13. The number of hydrogen-bond donors (Lipinski definition) is 1. The van der Waals surface area contributed by atoms with E-state index in [2.05, 4.69) is 41.2 Å². The van der Waals surface area contributed by atoms with Gasteiger partial charge in [-0.3, -0.25) is 24.2 Å². The third-order valence-corrected chi connectivity index (χ3v) is 7.11. The highest BCUT2D eigenvalue weighted by molar-refractivity contribution is 6.17. The first-order valence-electron chi connectivity index (χ1n) is 14.3. The number of benzene rings is 2. The van der Waals surface area contributed by atoms with E-state index >= 15 is 0 Å². The van der Waals surface area contributed by atoms with Crippen molar-refractivity contribution < 1.29 is 19.1 Å². The molecular formula is C32H39N5O4. The number of para-hydroxylation sites is 1. The summed E-state index contributed by atoms with van der Waals surface area (Å²) in [6, 6.07) is 18.5. The molecule has 1 N–H and O–H groups in total. The SMILES string of the molecule is CCCOc1ccc(CN(CC)CCN(CC)C(=O)CCC(=O)N2c3ccccc3C(=O)Nc3cccnc32)cc1. The maximum absolute atomic E-state index is 13.6. The Bertz CT molecular complexity index is 1340. The van der Waals surface area contributed by atoms with E-state index < -0.39 is 0 Å². The van der Waals surface area contributed by atoms with Crippen molar-refractivity contribution in [3.8, 4) is 5.75 Å². The van der Waals surface area contributed by atoms with Gasteiger partial charge in [-0.15, -0.1) is 0 Å². The van der Waals surface area contributed by atoms with Gasteiger partial charge in [-0.05, 0) is 61.9 Å². The topological polar surface area (TPSA) is 95.1 Å². The van der Waals surface area contributed by atoms with Gasteiger partial charge >= 0.3 is 0 Å². The Morgan fingerprint density at radius 2 is 1.71 bits per heavy atom. The van der Waals surface area contributed by atoms with Crippen LogP contribution in [0.15, 0.2) is 66.9 Å². The van der Waals surface area contributed by atoms with Crippen LogP contribution in [0.4, 0.5) is 17.2 Å². The number of nitrogens with one attached hydrogen (secondary N) is 1. The van der Waals surface area contributed by atoms with E-state index in [0.29, 0.717) is 42.5 Å². The average molecular weight is 558 g/mol. The first-order chi connectivity index (χ1) is 19.9. The number of ether oxygens (including phenoxy) is 1. The molecule has 0 bridgehead atoms. The number of pyridine rings is 1. The molecule has 0 fully saturated rings. The highest BCUT2D eigenvalue weighted by atomic mass is 16.5. The molecule has 4 rings (SSSR count). The monoisotopic (exact) mass is 557 g/mol.